The fourth-order valence-corrected chi connectivity index (χ4v) is 4.11. The lowest BCUT2D eigenvalue weighted by molar-refractivity contribution is -0.130. The number of rotatable bonds is 3. The summed E-state index contributed by atoms with van der Waals surface area (Å²) in [5, 5.41) is 0.649. The molecule has 4 rings (SSSR count). The molecule has 1 aliphatic rings. The first kappa shape index (κ1) is 19.3. The molecule has 0 bridgehead atoms. The number of aromatic amines is 1. The molecule has 0 saturated carbocycles. The monoisotopic (exact) mass is 454 g/mol. The lowest BCUT2D eigenvalue weighted by atomic mass is 10.1. The van der Waals surface area contributed by atoms with E-state index in [-0.39, 0.29) is 11.9 Å². The molecule has 1 N–H and O–H groups in total. The second kappa shape index (κ2) is 7.79. The fourth-order valence-electron chi connectivity index (χ4n) is 3.66. The molecule has 3 heterocycles. The highest BCUT2D eigenvalue weighted by molar-refractivity contribution is 9.10. The van der Waals surface area contributed by atoms with Crippen molar-refractivity contribution in [2.45, 2.75) is 13.0 Å². The Labute approximate surface area is 175 Å². The number of carbonyl (C=O) groups excluding carboxylic acids is 3. The zero-order valence-electron chi connectivity index (χ0n) is 15.8. The predicted molar refractivity (Wildman–Crippen MR) is 112 cm³/mol. The maximum Gasteiger partial charge on any atom is 0.295 e. The Balaban J connectivity index is 1.49. The number of aromatic nitrogens is 2. The van der Waals surface area contributed by atoms with Crippen LogP contribution in [0.1, 0.15) is 27.6 Å². The highest BCUT2D eigenvalue weighted by Crippen LogP contribution is 2.25. The van der Waals surface area contributed by atoms with Crippen molar-refractivity contribution >= 4 is 44.4 Å². The van der Waals surface area contributed by atoms with Gasteiger partial charge in [0, 0.05) is 49.0 Å². The van der Waals surface area contributed by atoms with E-state index in [1.54, 1.807) is 34.2 Å². The summed E-state index contributed by atoms with van der Waals surface area (Å²) >= 11 is 3.34. The van der Waals surface area contributed by atoms with Crippen LogP contribution in [0.15, 0.2) is 53.4 Å². The molecular formula is C21H19BrN4O3. The van der Waals surface area contributed by atoms with E-state index in [9.17, 15) is 14.4 Å². The molecule has 1 fully saturated rings. The van der Waals surface area contributed by atoms with Crippen molar-refractivity contribution in [3.63, 3.8) is 0 Å². The van der Waals surface area contributed by atoms with Crippen LogP contribution in [0.3, 0.4) is 0 Å². The number of nitrogens with one attached hydrogen (secondary N) is 1. The van der Waals surface area contributed by atoms with Crippen LogP contribution in [0.2, 0.25) is 0 Å². The number of hydrogen-bond acceptors (Lipinski definition) is 4. The highest BCUT2D eigenvalue weighted by Gasteiger charge is 2.34. The minimum Gasteiger partial charge on any atom is -0.358 e. The first-order valence-corrected chi connectivity index (χ1v) is 10.1. The van der Waals surface area contributed by atoms with Gasteiger partial charge in [-0.25, -0.2) is 4.98 Å². The molecule has 1 aromatic carbocycles. The maximum atomic E-state index is 12.9. The molecule has 1 saturated heterocycles. The second-order valence-electron chi connectivity index (χ2n) is 7.02. The lowest BCUT2D eigenvalue weighted by Gasteiger charge is -2.39. The number of pyridine rings is 1. The minimum atomic E-state index is -0.566. The number of fused-ring (bicyclic) bond motifs is 1. The van der Waals surface area contributed by atoms with Gasteiger partial charge in [0.15, 0.2) is 0 Å². The number of piperazine rings is 1. The number of benzene rings is 1. The van der Waals surface area contributed by atoms with E-state index in [1.807, 2.05) is 25.1 Å². The van der Waals surface area contributed by atoms with Gasteiger partial charge in [-0.3, -0.25) is 14.4 Å². The molecule has 0 spiro atoms. The van der Waals surface area contributed by atoms with Gasteiger partial charge >= 0.3 is 0 Å². The molecular weight excluding hydrogens is 436 g/mol. The van der Waals surface area contributed by atoms with Crippen LogP contribution in [-0.2, 0) is 4.79 Å². The third-order valence-electron chi connectivity index (χ3n) is 5.19. The summed E-state index contributed by atoms with van der Waals surface area (Å²) in [7, 11) is 0. The van der Waals surface area contributed by atoms with E-state index in [4.69, 9.17) is 0 Å². The molecule has 2 amide bonds. The number of ketones is 1. The van der Waals surface area contributed by atoms with Crippen molar-refractivity contribution in [3.8, 4) is 0 Å². The van der Waals surface area contributed by atoms with E-state index in [0.29, 0.717) is 46.3 Å². The Kier molecular flexibility index (Phi) is 5.19. The number of Topliss-reactive ketones (excluding diaryl/α,β-unsaturated/α-hetero) is 1. The van der Waals surface area contributed by atoms with Gasteiger partial charge in [-0.2, -0.15) is 0 Å². The van der Waals surface area contributed by atoms with Crippen molar-refractivity contribution in [2.75, 3.05) is 19.6 Å². The van der Waals surface area contributed by atoms with Gasteiger partial charge < -0.3 is 14.8 Å². The largest absolute Gasteiger partial charge is 0.358 e. The van der Waals surface area contributed by atoms with Crippen molar-refractivity contribution in [2.24, 2.45) is 0 Å². The van der Waals surface area contributed by atoms with Crippen LogP contribution in [0, 0.1) is 0 Å². The molecule has 29 heavy (non-hydrogen) atoms. The van der Waals surface area contributed by atoms with Crippen molar-refractivity contribution in [1.82, 2.24) is 19.8 Å². The molecule has 1 atom stereocenters. The standard InChI is InChI=1S/C21H19BrN4O3/c1-13-12-25(20(28)14-5-3-2-4-6-14)9-10-26(13)21(29)18(27)16-11-24-17-15(16)7-8-23-19(17)22/h2-8,11,13,24H,9-10,12H2,1H3. The smallest absolute Gasteiger partial charge is 0.295 e. The Bertz CT molecular complexity index is 1100. The average molecular weight is 455 g/mol. The topological polar surface area (TPSA) is 86.4 Å². The highest BCUT2D eigenvalue weighted by atomic mass is 79.9. The van der Waals surface area contributed by atoms with E-state index < -0.39 is 11.7 Å². The van der Waals surface area contributed by atoms with Crippen LogP contribution >= 0.6 is 15.9 Å². The van der Waals surface area contributed by atoms with Gasteiger partial charge in [0.1, 0.15) is 4.60 Å². The van der Waals surface area contributed by atoms with Crippen LogP contribution in [0.5, 0.6) is 0 Å². The minimum absolute atomic E-state index is 0.0649. The summed E-state index contributed by atoms with van der Waals surface area (Å²) in [6.45, 7) is 2.94. The predicted octanol–water partition coefficient (Wildman–Crippen LogP) is 2.88. The summed E-state index contributed by atoms with van der Waals surface area (Å²) in [4.78, 5) is 48.8. The number of halogens is 1. The molecule has 2 aromatic heterocycles. The van der Waals surface area contributed by atoms with E-state index in [0.717, 1.165) is 0 Å². The number of amides is 2. The normalized spacial score (nSPS) is 16.8. The van der Waals surface area contributed by atoms with E-state index in [1.165, 1.54) is 6.20 Å². The fraction of sp³-hybridized carbons (Fsp3) is 0.238. The van der Waals surface area contributed by atoms with Crippen LogP contribution in [-0.4, -0.2) is 63.0 Å². The first-order chi connectivity index (χ1) is 14.0. The first-order valence-electron chi connectivity index (χ1n) is 9.28. The Morgan fingerprint density at radius 1 is 1.14 bits per heavy atom. The Morgan fingerprint density at radius 2 is 1.90 bits per heavy atom. The van der Waals surface area contributed by atoms with Gasteiger partial charge in [-0.15, -0.1) is 0 Å². The summed E-state index contributed by atoms with van der Waals surface area (Å²) in [5.41, 5.74) is 1.62. The SMILES string of the molecule is CC1CN(C(=O)c2ccccc2)CCN1C(=O)C(=O)c1c[nH]c2c(Br)nccc12. The lowest BCUT2D eigenvalue weighted by Crippen LogP contribution is -2.56. The summed E-state index contributed by atoms with van der Waals surface area (Å²) in [6, 6.07) is 10.5. The number of H-pyrrole nitrogens is 1. The third kappa shape index (κ3) is 3.55. The van der Waals surface area contributed by atoms with Gasteiger partial charge in [-0.05, 0) is 41.1 Å². The molecule has 8 heteroatoms. The van der Waals surface area contributed by atoms with Crippen LogP contribution in [0.4, 0.5) is 0 Å². The molecule has 1 unspecified atom stereocenters. The molecule has 0 aliphatic carbocycles. The summed E-state index contributed by atoms with van der Waals surface area (Å²) < 4.78 is 0.586. The number of carbonyl (C=O) groups is 3. The zero-order valence-corrected chi connectivity index (χ0v) is 17.3. The molecule has 1 aliphatic heterocycles. The van der Waals surface area contributed by atoms with Crippen molar-refractivity contribution in [1.29, 1.82) is 0 Å². The summed E-state index contributed by atoms with van der Waals surface area (Å²) in [5.74, 6) is -1.19. The van der Waals surface area contributed by atoms with Gasteiger partial charge in [0.25, 0.3) is 17.6 Å². The van der Waals surface area contributed by atoms with Crippen molar-refractivity contribution in [3.05, 3.63) is 64.5 Å². The van der Waals surface area contributed by atoms with E-state index in [2.05, 4.69) is 25.9 Å². The Hall–Kier alpha value is -3.00. The molecule has 0 radical (unpaired) electrons. The van der Waals surface area contributed by atoms with Gasteiger partial charge in [-0.1, -0.05) is 18.2 Å². The van der Waals surface area contributed by atoms with Crippen molar-refractivity contribution < 1.29 is 14.4 Å². The van der Waals surface area contributed by atoms with Crippen LogP contribution < -0.4 is 0 Å². The Morgan fingerprint density at radius 3 is 2.62 bits per heavy atom. The average Bonchev–Trinajstić information content (AvgIpc) is 3.18. The van der Waals surface area contributed by atoms with Gasteiger partial charge in [0.05, 0.1) is 11.1 Å². The molecule has 7 nitrogen and oxygen atoms in total. The zero-order chi connectivity index (χ0) is 20.5. The van der Waals surface area contributed by atoms with E-state index >= 15 is 0 Å². The second-order valence-corrected chi connectivity index (χ2v) is 7.77. The summed E-state index contributed by atoms with van der Waals surface area (Å²) in [6.07, 6.45) is 3.12. The number of hydrogen-bond donors (Lipinski definition) is 1. The maximum absolute atomic E-state index is 12.9. The number of nitrogens with zero attached hydrogens (tertiary/aromatic N) is 3. The quantitative estimate of drug-likeness (QED) is 0.374. The molecule has 148 valence electrons. The molecule has 3 aromatic rings. The third-order valence-corrected chi connectivity index (χ3v) is 5.79. The van der Waals surface area contributed by atoms with Crippen LogP contribution in [0.25, 0.3) is 10.9 Å². The van der Waals surface area contributed by atoms with Gasteiger partial charge in [0.2, 0.25) is 0 Å².